The SMILES string of the molecule is CC1=NC2=C(C(=O)CC(c3c(Cl)cccc3Cl)C2)C(c2cccc(O)c2)C1C(=O)OC1CCCC1. The lowest BCUT2D eigenvalue weighted by atomic mass is 9.69. The number of aliphatic imine (C=N–C) groups is 1. The third kappa shape index (κ3) is 4.64. The molecule has 1 fully saturated rings. The number of phenolic OH excluding ortho intramolecular Hbond substituents is 1. The van der Waals surface area contributed by atoms with Crippen LogP contribution in [-0.4, -0.2) is 28.7 Å². The van der Waals surface area contributed by atoms with Crippen molar-refractivity contribution in [2.75, 3.05) is 0 Å². The Balaban J connectivity index is 1.57. The maximum atomic E-state index is 13.7. The van der Waals surface area contributed by atoms with Crippen LogP contribution in [0.4, 0.5) is 0 Å². The minimum absolute atomic E-state index is 0.0803. The third-order valence-corrected chi connectivity index (χ3v) is 8.02. The van der Waals surface area contributed by atoms with Crippen LogP contribution in [0.5, 0.6) is 5.75 Å². The van der Waals surface area contributed by atoms with E-state index in [1.165, 1.54) is 0 Å². The summed E-state index contributed by atoms with van der Waals surface area (Å²) in [6, 6.07) is 12.1. The van der Waals surface area contributed by atoms with Crippen molar-refractivity contribution in [3.8, 4) is 5.75 Å². The number of allylic oxidation sites excluding steroid dienone is 2. The van der Waals surface area contributed by atoms with Crippen LogP contribution in [0.2, 0.25) is 10.0 Å². The van der Waals surface area contributed by atoms with Crippen LogP contribution in [0.1, 0.15) is 68.4 Å². The van der Waals surface area contributed by atoms with Crippen LogP contribution in [0, 0.1) is 5.92 Å². The van der Waals surface area contributed by atoms with E-state index in [1.54, 1.807) is 36.4 Å². The Morgan fingerprint density at radius 3 is 2.43 bits per heavy atom. The molecule has 0 radical (unpaired) electrons. The lowest BCUT2D eigenvalue weighted by Gasteiger charge is -2.37. The van der Waals surface area contributed by atoms with Crippen molar-refractivity contribution < 1.29 is 19.4 Å². The predicted molar refractivity (Wildman–Crippen MR) is 136 cm³/mol. The van der Waals surface area contributed by atoms with Crippen LogP contribution < -0.4 is 0 Å². The molecule has 2 aromatic carbocycles. The molecule has 1 saturated carbocycles. The third-order valence-electron chi connectivity index (χ3n) is 7.36. The fourth-order valence-corrected chi connectivity index (χ4v) is 6.50. The van der Waals surface area contributed by atoms with Gasteiger partial charge in [0.05, 0.1) is 0 Å². The van der Waals surface area contributed by atoms with Crippen LogP contribution in [0.3, 0.4) is 0 Å². The second kappa shape index (κ2) is 9.79. The van der Waals surface area contributed by atoms with E-state index in [0.29, 0.717) is 39.0 Å². The molecule has 3 aliphatic rings. The van der Waals surface area contributed by atoms with Gasteiger partial charge in [0, 0.05) is 39.4 Å². The van der Waals surface area contributed by atoms with Gasteiger partial charge in [0.1, 0.15) is 17.8 Å². The van der Waals surface area contributed by atoms with E-state index in [4.69, 9.17) is 32.9 Å². The topological polar surface area (TPSA) is 76.0 Å². The van der Waals surface area contributed by atoms with Crippen molar-refractivity contribution in [2.24, 2.45) is 10.9 Å². The molecule has 0 spiro atoms. The second-order valence-electron chi connectivity index (χ2n) is 9.67. The van der Waals surface area contributed by atoms with Crippen LogP contribution in [-0.2, 0) is 14.3 Å². The van der Waals surface area contributed by atoms with Crippen molar-refractivity contribution in [1.82, 2.24) is 0 Å². The summed E-state index contributed by atoms with van der Waals surface area (Å²) in [5.74, 6) is -1.86. The van der Waals surface area contributed by atoms with Crippen molar-refractivity contribution in [3.63, 3.8) is 0 Å². The number of hydrogen-bond donors (Lipinski definition) is 1. The largest absolute Gasteiger partial charge is 0.508 e. The maximum absolute atomic E-state index is 13.7. The van der Waals surface area contributed by atoms with Crippen LogP contribution in [0.15, 0.2) is 58.7 Å². The van der Waals surface area contributed by atoms with Crippen molar-refractivity contribution in [3.05, 3.63) is 74.9 Å². The number of benzene rings is 2. The molecule has 5 rings (SSSR count). The number of carbonyl (C=O) groups excluding carboxylic acids is 2. The van der Waals surface area contributed by atoms with Gasteiger partial charge in [-0.2, -0.15) is 0 Å². The quantitative estimate of drug-likeness (QED) is 0.460. The van der Waals surface area contributed by atoms with E-state index in [9.17, 15) is 14.7 Å². The average Bonchev–Trinajstić information content (AvgIpc) is 3.31. The summed E-state index contributed by atoms with van der Waals surface area (Å²) in [7, 11) is 0. The first-order valence-electron chi connectivity index (χ1n) is 12.1. The predicted octanol–water partition coefficient (Wildman–Crippen LogP) is 6.76. The number of nitrogens with zero attached hydrogens (tertiary/aromatic N) is 1. The van der Waals surface area contributed by atoms with Crippen molar-refractivity contribution in [1.29, 1.82) is 0 Å². The Hall–Kier alpha value is -2.63. The summed E-state index contributed by atoms with van der Waals surface area (Å²) in [6.45, 7) is 1.82. The minimum Gasteiger partial charge on any atom is -0.508 e. The molecule has 0 saturated heterocycles. The molecule has 3 unspecified atom stereocenters. The highest BCUT2D eigenvalue weighted by Gasteiger charge is 2.45. The number of carbonyl (C=O) groups is 2. The van der Waals surface area contributed by atoms with Gasteiger partial charge in [0.2, 0.25) is 0 Å². The number of Topliss-reactive ketones (excluding diaryl/α,β-unsaturated/α-hetero) is 1. The second-order valence-corrected chi connectivity index (χ2v) is 10.5. The highest BCUT2D eigenvalue weighted by atomic mass is 35.5. The van der Waals surface area contributed by atoms with Gasteiger partial charge in [-0.25, -0.2) is 0 Å². The first kappa shape index (κ1) is 24.1. The number of phenols is 1. The zero-order valence-electron chi connectivity index (χ0n) is 19.5. The van der Waals surface area contributed by atoms with Gasteiger partial charge in [0.15, 0.2) is 5.78 Å². The molecule has 5 nitrogen and oxygen atoms in total. The molecule has 3 atom stereocenters. The first-order valence-corrected chi connectivity index (χ1v) is 12.8. The molecule has 2 aliphatic carbocycles. The molecule has 35 heavy (non-hydrogen) atoms. The normalized spacial score (nSPS) is 24.8. The maximum Gasteiger partial charge on any atom is 0.315 e. The lowest BCUT2D eigenvalue weighted by Crippen LogP contribution is -2.39. The van der Waals surface area contributed by atoms with E-state index in [1.807, 2.05) is 13.0 Å². The van der Waals surface area contributed by atoms with E-state index >= 15 is 0 Å². The summed E-state index contributed by atoms with van der Waals surface area (Å²) in [5, 5.41) is 11.3. The van der Waals surface area contributed by atoms with E-state index in [-0.39, 0.29) is 35.9 Å². The zero-order chi connectivity index (χ0) is 24.7. The number of esters is 1. The Labute approximate surface area is 214 Å². The molecule has 1 N–H and O–H groups in total. The molecular formula is C28H27Cl2NO4. The molecule has 0 amide bonds. The van der Waals surface area contributed by atoms with E-state index < -0.39 is 11.8 Å². The molecule has 2 aromatic rings. The van der Waals surface area contributed by atoms with Gasteiger partial charge < -0.3 is 9.84 Å². The fraction of sp³-hybridized carbons (Fsp3) is 0.393. The van der Waals surface area contributed by atoms with Crippen molar-refractivity contribution in [2.45, 2.75) is 63.4 Å². The number of rotatable bonds is 4. The summed E-state index contributed by atoms with van der Waals surface area (Å²) >= 11 is 12.9. The zero-order valence-corrected chi connectivity index (χ0v) is 21.0. The van der Waals surface area contributed by atoms with Gasteiger partial charge in [-0.05, 0) is 80.3 Å². The lowest BCUT2D eigenvalue weighted by molar-refractivity contribution is -0.151. The molecule has 7 heteroatoms. The Morgan fingerprint density at radius 1 is 1.06 bits per heavy atom. The highest BCUT2D eigenvalue weighted by Crippen LogP contribution is 2.49. The van der Waals surface area contributed by atoms with Crippen LogP contribution >= 0.6 is 23.2 Å². The minimum atomic E-state index is -0.722. The number of aromatic hydroxyl groups is 1. The number of hydrogen-bond acceptors (Lipinski definition) is 5. The van der Waals surface area contributed by atoms with Gasteiger partial charge in [-0.3, -0.25) is 14.6 Å². The standard InChI is InChI=1S/C28H27Cl2NO4/c1-15-24(28(34)35-19-8-2-3-9-19)26(16-6-4-7-18(32)12-16)27-22(31-15)13-17(14-23(27)33)25-20(29)10-5-11-21(25)30/h4-7,10-12,17,19,24,26,32H,2-3,8-9,13-14H2,1H3. The smallest absolute Gasteiger partial charge is 0.315 e. The van der Waals surface area contributed by atoms with Gasteiger partial charge in [0.25, 0.3) is 0 Å². The summed E-state index contributed by atoms with van der Waals surface area (Å²) in [6.07, 6.45) is 4.43. The molecular weight excluding hydrogens is 485 g/mol. The summed E-state index contributed by atoms with van der Waals surface area (Å²) in [4.78, 5) is 31.9. The van der Waals surface area contributed by atoms with E-state index in [0.717, 1.165) is 31.2 Å². The Morgan fingerprint density at radius 2 is 1.74 bits per heavy atom. The molecule has 0 aromatic heterocycles. The Bertz CT molecular complexity index is 1230. The van der Waals surface area contributed by atoms with Gasteiger partial charge in [-0.15, -0.1) is 0 Å². The number of halogens is 2. The molecule has 1 heterocycles. The van der Waals surface area contributed by atoms with Crippen molar-refractivity contribution >= 4 is 40.7 Å². The molecule has 182 valence electrons. The number of ether oxygens (including phenoxy) is 1. The number of ketones is 1. The van der Waals surface area contributed by atoms with Gasteiger partial charge in [-0.1, -0.05) is 41.4 Å². The van der Waals surface area contributed by atoms with Crippen LogP contribution in [0.25, 0.3) is 0 Å². The van der Waals surface area contributed by atoms with Gasteiger partial charge >= 0.3 is 5.97 Å². The summed E-state index contributed by atoms with van der Waals surface area (Å²) in [5.41, 5.74) is 3.23. The monoisotopic (exact) mass is 511 g/mol. The summed E-state index contributed by atoms with van der Waals surface area (Å²) < 4.78 is 5.89. The molecule has 1 aliphatic heterocycles. The first-order chi connectivity index (χ1) is 16.8. The average molecular weight is 512 g/mol. The fourth-order valence-electron chi connectivity index (χ4n) is 5.79. The van der Waals surface area contributed by atoms with E-state index in [2.05, 4.69) is 0 Å². The Kier molecular flexibility index (Phi) is 6.73. The highest BCUT2D eigenvalue weighted by molar-refractivity contribution is 6.36. The molecule has 0 bridgehead atoms.